The van der Waals surface area contributed by atoms with E-state index in [1.54, 1.807) is 24.3 Å². The van der Waals surface area contributed by atoms with Crippen molar-refractivity contribution in [3.05, 3.63) is 157 Å². The molecule has 0 aliphatic carbocycles. The van der Waals surface area contributed by atoms with Crippen LogP contribution in [-0.2, 0) is 0 Å². The molecule has 0 unspecified atom stereocenters. The van der Waals surface area contributed by atoms with E-state index in [2.05, 4.69) is 20.4 Å². The highest BCUT2D eigenvalue weighted by atomic mass is 16.5. The van der Waals surface area contributed by atoms with Crippen LogP contribution in [0.1, 0.15) is 20.7 Å². The van der Waals surface area contributed by atoms with Crippen molar-refractivity contribution in [1.29, 1.82) is 0 Å². The Balaban J connectivity index is 0.992. The predicted molar refractivity (Wildman–Crippen MR) is 175 cm³/mol. The highest BCUT2D eigenvalue weighted by Crippen LogP contribution is 2.28. The van der Waals surface area contributed by atoms with Crippen LogP contribution in [0.25, 0.3) is 45.0 Å². The molecule has 7 rings (SSSR count). The molecule has 222 valence electrons. The van der Waals surface area contributed by atoms with Crippen molar-refractivity contribution in [2.75, 3.05) is 0 Å². The largest absolute Gasteiger partial charge is 0.423 e. The van der Waals surface area contributed by atoms with Gasteiger partial charge >= 0.3 is 11.9 Å². The molecule has 2 N–H and O–H groups in total. The summed E-state index contributed by atoms with van der Waals surface area (Å²) in [6.07, 6.45) is 0. The van der Waals surface area contributed by atoms with Crippen LogP contribution in [0.5, 0.6) is 11.5 Å². The molecular weight excluding hydrogens is 576 g/mol. The molecule has 0 saturated carbocycles. The minimum Gasteiger partial charge on any atom is -0.423 e. The highest BCUT2D eigenvalue weighted by molar-refractivity contribution is 5.95. The first-order valence-electron chi connectivity index (χ1n) is 14.6. The number of ether oxygens (including phenoxy) is 2. The summed E-state index contributed by atoms with van der Waals surface area (Å²) < 4.78 is 11.3. The van der Waals surface area contributed by atoms with Crippen molar-refractivity contribution in [2.24, 2.45) is 0 Å². The van der Waals surface area contributed by atoms with Gasteiger partial charge < -0.3 is 9.47 Å². The van der Waals surface area contributed by atoms with Crippen LogP contribution in [-0.4, -0.2) is 32.3 Å². The number of benzene rings is 5. The monoisotopic (exact) mass is 602 g/mol. The molecule has 7 aromatic rings. The van der Waals surface area contributed by atoms with Crippen LogP contribution in [0.3, 0.4) is 0 Å². The standard InChI is InChI=1S/C38H26N4O4/c43-37(45-31-15-7-13-29(21-31)35-23-33(39-41-35)25-9-3-1-4-10-25)27-17-19-28(20-18-27)38(44)46-32-16-8-14-30(22-32)36-24-34(40-42-36)26-11-5-2-6-12-26/h1-24H,(H,39,41)(H,40,42). The van der Waals surface area contributed by atoms with Gasteiger partial charge in [-0.2, -0.15) is 10.2 Å². The SMILES string of the molecule is O=C(Oc1cccc(-c2cc(-c3ccccc3)n[nH]2)c1)c1ccc(C(=O)Oc2cccc(-c3cc(-c4ccccc4)n[nH]3)c2)cc1. The lowest BCUT2D eigenvalue weighted by Crippen LogP contribution is -2.11. The molecule has 0 atom stereocenters. The molecule has 2 heterocycles. The second-order valence-electron chi connectivity index (χ2n) is 10.5. The van der Waals surface area contributed by atoms with Crippen LogP contribution < -0.4 is 9.47 Å². The third-order valence-corrected chi connectivity index (χ3v) is 7.36. The second-order valence-corrected chi connectivity index (χ2v) is 10.5. The summed E-state index contributed by atoms with van der Waals surface area (Å²) in [7, 11) is 0. The molecule has 46 heavy (non-hydrogen) atoms. The van der Waals surface area contributed by atoms with E-state index in [-0.39, 0.29) is 0 Å². The number of carbonyl (C=O) groups is 2. The third-order valence-electron chi connectivity index (χ3n) is 7.36. The average Bonchev–Trinajstić information content (AvgIpc) is 3.81. The number of hydrogen-bond donors (Lipinski definition) is 2. The van der Waals surface area contributed by atoms with E-state index in [9.17, 15) is 9.59 Å². The fourth-order valence-electron chi connectivity index (χ4n) is 4.98. The van der Waals surface area contributed by atoms with Gasteiger partial charge in [-0.3, -0.25) is 10.2 Å². The van der Waals surface area contributed by atoms with Gasteiger partial charge in [0.25, 0.3) is 0 Å². The lowest BCUT2D eigenvalue weighted by molar-refractivity contribution is 0.0720. The Hall–Kier alpha value is -6.54. The Kier molecular flexibility index (Phi) is 7.73. The van der Waals surface area contributed by atoms with E-state index in [4.69, 9.17) is 9.47 Å². The smallest absolute Gasteiger partial charge is 0.343 e. The molecular formula is C38H26N4O4. The zero-order valence-electron chi connectivity index (χ0n) is 24.4. The molecule has 0 aliphatic rings. The lowest BCUT2D eigenvalue weighted by Gasteiger charge is -2.08. The molecule has 5 aromatic carbocycles. The average molecular weight is 603 g/mol. The van der Waals surface area contributed by atoms with Crippen molar-refractivity contribution in [3.63, 3.8) is 0 Å². The van der Waals surface area contributed by atoms with E-state index in [1.807, 2.05) is 97.1 Å². The summed E-state index contributed by atoms with van der Waals surface area (Å²) >= 11 is 0. The van der Waals surface area contributed by atoms with Crippen molar-refractivity contribution in [1.82, 2.24) is 20.4 Å². The zero-order valence-corrected chi connectivity index (χ0v) is 24.4. The molecule has 8 heteroatoms. The molecule has 0 bridgehead atoms. The van der Waals surface area contributed by atoms with Crippen molar-refractivity contribution in [2.45, 2.75) is 0 Å². The van der Waals surface area contributed by atoms with Gasteiger partial charge in [-0.15, -0.1) is 0 Å². The first kappa shape index (κ1) is 28.2. The molecule has 2 aromatic heterocycles. The fourth-order valence-corrected chi connectivity index (χ4v) is 4.98. The van der Waals surface area contributed by atoms with Crippen LogP contribution in [0.15, 0.2) is 146 Å². The number of carbonyl (C=O) groups excluding carboxylic acids is 2. The Labute approximate surface area is 264 Å². The predicted octanol–water partition coefficient (Wildman–Crippen LogP) is 8.24. The van der Waals surface area contributed by atoms with E-state index in [1.165, 1.54) is 24.3 Å². The zero-order chi connectivity index (χ0) is 31.3. The topological polar surface area (TPSA) is 110 Å². The Morgan fingerprint density at radius 1 is 0.435 bits per heavy atom. The van der Waals surface area contributed by atoms with Gasteiger partial charge in [0, 0.05) is 22.3 Å². The third kappa shape index (κ3) is 6.22. The van der Waals surface area contributed by atoms with Crippen LogP contribution in [0.4, 0.5) is 0 Å². The lowest BCUT2D eigenvalue weighted by atomic mass is 10.1. The number of nitrogens with one attached hydrogen (secondary N) is 2. The number of aromatic amines is 2. The number of esters is 2. The maximum absolute atomic E-state index is 12.9. The molecule has 0 aliphatic heterocycles. The van der Waals surface area contributed by atoms with Gasteiger partial charge in [0.1, 0.15) is 11.5 Å². The normalized spacial score (nSPS) is 10.8. The quantitative estimate of drug-likeness (QED) is 0.134. The minimum absolute atomic E-state index is 0.297. The highest BCUT2D eigenvalue weighted by Gasteiger charge is 2.15. The number of H-pyrrole nitrogens is 2. The van der Waals surface area contributed by atoms with Crippen LogP contribution >= 0.6 is 0 Å². The van der Waals surface area contributed by atoms with Gasteiger partial charge in [0.2, 0.25) is 0 Å². The summed E-state index contributed by atoms with van der Waals surface area (Å²) in [5.74, 6) is -0.327. The summed E-state index contributed by atoms with van der Waals surface area (Å²) in [5.41, 5.74) is 7.48. The maximum Gasteiger partial charge on any atom is 0.343 e. The molecule has 0 amide bonds. The Morgan fingerprint density at radius 2 is 0.826 bits per heavy atom. The van der Waals surface area contributed by atoms with Crippen LogP contribution in [0.2, 0.25) is 0 Å². The minimum atomic E-state index is -0.547. The van der Waals surface area contributed by atoms with Gasteiger partial charge in [0.15, 0.2) is 0 Å². The summed E-state index contributed by atoms with van der Waals surface area (Å²) in [6.45, 7) is 0. The molecule has 0 saturated heterocycles. The number of nitrogens with zero attached hydrogens (tertiary/aromatic N) is 2. The van der Waals surface area contributed by atoms with E-state index >= 15 is 0 Å². The van der Waals surface area contributed by atoms with Crippen molar-refractivity contribution < 1.29 is 19.1 Å². The summed E-state index contributed by atoms with van der Waals surface area (Å²) in [4.78, 5) is 25.8. The maximum atomic E-state index is 12.9. The summed E-state index contributed by atoms with van der Waals surface area (Å²) in [5, 5.41) is 14.9. The molecule has 0 radical (unpaired) electrons. The van der Waals surface area contributed by atoms with Crippen molar-refractivity contribution in [3.8, 4) is 56.5 Å². The van der Waals surface area contributed by atoms with E-state index < -0.39 is 11.9 Å². The first-order chi connectivity index (χ1) is 22.6. The Bertz CT molecular complexity index is 1980. The van der Waals surface area contributed by atoms with Gasteiger partial charge in [0.05, 0.1) is 33.9 Å². The fraction of sp³-hybridized carbons (Fsp3) is 0. The first-order valence-corrected chi connectivity index (χ1v) is 14.6. The van der Waals surface area contributed by atoms with Gasteiger partial charge in [-0.05, 0) is 60.7 Å². The molecule has 0 fully saturated rings. The second kappa shape index (κ2) is 12.6. The number of hydrogen-bond acceptors (Lipinski definition) is 6. The number of aromatic nitrogens is 4. The van der Waals surface area contributed by atoms with Gasteiger partial charge in [-0.1, -0.05) is 84.9 Å². The van der Waals surface area contributed by atoms with E-state index in [0.29, 0.717) is 22.6 Å². The molecule has 0 spiro atoms. The molecule has 8 nitrogen and oxygen atoms in total. The number of rotatable bonds is 8. The van der Waals surface area contributed by atoms with Crippen LogP contribution in [0, 0.1) is 0 Å². The Morgan fingerprint density at radius 3 is 1.24 bits per heavy atom. The van der Waals surface area contributed by atoms with Gasteiger partial charge in [-0.25, -0.2) is 9.59 Å². The van der Waals surface area contributed by atoms with E-state index in [0.717, 1.165) is 45.0 Å². The summed E-state index contributed by atoms with van der Waals surface area (Å²) in [6, 6.07) is 44.2. The van der Waals surface area contributed by atoms with Crippen molar-refractivity contribution >= 4 is 11.9 Å².